The van der Waals surface area contributed by atoms with Crippen molar-refractivity contribution in [3.63, 3.8) is 0 Å². The van der Waals surface area contributed by atoms with Crippen LogP contribution in [0.1, 0.15) is 10.4 Å². The number of hydrogen-bond acceptors (Lipinski definition) is 5. The first-order valence-corrected chi connectivity index (χ1v) is 7.12. The summed E-state index contributed by atoms with van der Waals surface area (Å²) in [5.41, 5.74) is 5.28. The molecule has 1 amide bonds. The zero-order valence-corrected chi connectivity index (χ0v) is 12.7. The van der Waals surface area contributed by atoms with Gasteiger partial charge in [0.15, 0.2) is 18.2 Å². The Kier molecular flexibility index (Phi) is 6.13. The van der Waals surface area contributed by atoms with Crippen molar-refractivity contribution in [3.8, 4) is 11.5 Å². The van der Waals surface area contributed by atoms with Crippen molar-refractivity contribution in [2.75, 3.05) is 19.8 Å². The third-order valence-corrected chi connectivity index (χ3v) is 2.88. The van der Waals surface area contributed by atoms with E-state index in [1.807, 2.05) is 0 Å². The molecule has 0 aliphatic rings. The third-order valence-electron chi connectivity index (χ3n) is 2.88. The molecule has 0 spiro atoms. The van der Waals surface area contributed by atoms with Crippen LogP contribution in [0.5, 0.6) is 11.5 Å². The summed E-state index contributed by atoms with van der Waals surface area (Å²) in [6.45, 7) is -0.225. The van der Waals surface area contributed by atoms with Crippen LogP contribution in [0.2, 0.25) is 0 Å². The Morgan fingerprint density at radius 1 is 0.958 bits per heavy atom. The molecule has 0 heterocycles. The highest BCUT2D eigenvalue weighted by Crippen LogP contribution is 2.15. The monoisotopic (exact) mass is 333 g/mol. The van der Waals surface area contributed by atoms with E-state index in [4.69, 9.17) is 19.9 Å². The lowest BCUT2D eigenvalue weighted by Crippen LogP contribution is -2.20. The Labute approximate surface area is 137 Å². The maximum absolute atomic E-state index is 13.3. The average molecular weight is 333 g/mol. The van der Waals surface area contributed by atoms with Crippen molar-refractivity contribution < 1.29 is 28.2 Å². The van der Waals surface area contributed by atoms with Gasteiger partial charge in [-0.2, -0.15) is 0 Å². The lowest BCUT2D eigenvalue weighted by Gasteiger charge is -2.08. The number of esters is 1. The number of benzene rings is 2. The summed E-state index contributed by atoms with van der Waals surface area (Å²) in [6, 6.07) is 12.0. The number of ether oxygens (including phenoxy) is 3. The molecule has 2 N–H and O–H groups in total. The minimum atomic E-state index is -0.590. The van der Waals surface area contributed by atoms with E-state index in [-0.39, 0.29) is 25.6 Å². The van der Waals surface area contributed by atoms with E-state index in [0.717, 1.165) is 0 Å². The van der Waals surface area contributed by atoms with Gasteiger partial charge in [0.05, 0.1) is 5.56 Å². The summed E-state index contributed by atoms with van der Waals surface area (Å²) >= 11 is 0. The molecular weight excluding hydrogens is 317 g/mol. The van der Waals surface area contributed by atoms with Gasteiger partial charge in [0.2, 0.25) is 0 Å². The Hall–Kier alpha value is -3.09. The first-order chi connectivity index (χ1) is 11.6. The molecule has 24 heavy (non-hydrogen) atoms. The van der Waals surface area contributed by atoms with Crippen LogP contribution in [0.25, 0.3) is 0 Å². The molecular formula is C17H16FNO5. The topological polar surface area (TPSA) is 87.9 Å². The van der Waals surface area contributed by atoms with Gasteiger partial charge in [0, 0.05) is 0 Å². The Morgan fingerprint density at radius 3 is 2.33 bits per heavy atom. The molecule has 0 saturated heterocycles. The molecule has 0 saturated carbocycles. The maximum atomic E-state index is 13.3. The summed E-state index contributed by atoms with van der Waals surface area (Å²) in [5.74, 6) is -1.10. The molecule has 6 nitrogen and oxygen atoms in total. The summed E-state index contributed by atoms with van der Waals surface area (Å²) < 4.78 is 28.6. The maximum Gasteiger partial charge on any atom is 0.338 e. The highest BCUT2D eigenvalue weighted by molar-refractivity contribution is 5.89. The van der Waals surface area contributed by atoms with Crippen molar-refractivity contribution in [1.29, 1.82) is 0 Å². The lowest BCUT2D eigenvalue weighted by molar-refractivity contribution is -0.119. The number of carbonyl (C=O) groups is 2. The third kappa shape index (κ3) is 5.28. The molecule has 126 valence electrons. The summed E-state index contributed by atoms with van der Waals surface area (Å²) in [5, 5.41) is 0. The van der Waals surface area contributed by atoms with Gasteiger partial charge in [0.1, 0.15) is 19.0 Å². The molecule has 0 aromatic heterocycles. The van der Waals surface area contributed by atoms with E-state index in [9.17, 15) is 14.0 Å². The summed E-state index contributed by atoms with van der Waals surface area (Å²) in [4.78, 5) is 22.4. The number of hydrogen-bond donors (Lipinski definition) is 1. The second-order valence-corrected chi connectivity index (χ2v) is 4.69. The predicted molar refractivity (Wildman–Crippen MR) is 83.3 cm³/mol. The fraction of sp³-hybridized carbons (Fsp3) is 0.176. The number of primary amides is 1. The number of carbonyl (C=O) groups excluding carboxylic acids is 2. The molecule has 2 rings (SSSR count). The molecule has 0 aliphatic heterocycles. The molecule has 0 bridgehead atoms. The van der Waals surface area contributed by atoms with Gasteiger partial charge in [0.25, 0.3) is 5.91 Å². The van der Waals surface area contributed by atoms with Crippen molar-refractivity contribution in [2.24, 2.45) is 5.73 Å². The van der Waals surface area contributed by atoms with Gasteiger partial charge < -0.3 is 19.9 Å². The van der Waals surface area contributed by atoms with E-state index >= 15 is 0 Å². The Balaban J connectivity index is 1.76. The van der Waals surface area contributed by atoms with Gasteiger partial charge in [-0.15, -0.1) is 0 Å². The van der Waals surface area contributed by atoms with Crippen molar-refractivity contribution >= 4 is 11.9 Å². The van der Waals surface area contributed by atoms with Crippen LogP contribution >= 0.6 is 0 Å². The second-order valence-electron chi connectivity index (χ2n) is 4.69. The molecule has 0 fully saturated rings. The summed E-state index contributed by atoms with van der Waals surface area (Å²) in [7, 11) is 0. The van der Waals surface area contributed by atoms with Gasteiger partial charge in [-0.25, -0.2) is 9.18 Å². The number of amides is 1. The Morgan fingerprint density at radius 2 is 1.67 bits per heavy atom. The largest absolute Gasteiger partial charge is 0.487 e. The van der Waals surface area contributed by atoms with Gasteiger partial charge in [-0.1, -0.05) is 12.1 Å². The van der Waals surface area contributed by atoms with Gasteiger partial charge in [-0.3, -0.25) is 4.79 Å². The highest BCUT2D eigenvalue weighted by atomic mass is 19.1. The molecule has 2 aromatic rings. The van der Waals surface area contributed by atoms with Crippen molar-refractivity contribution in [2.45, 2.75) is 0 Å². The van der Waals surface area contributed by atoms with Gasteiger partial charge >= 0.3 is 5.97 Å². The van der Waals surface area contributed by atoms with Crippen LogP contribution in [0.3, 0.4) is 0 Å². The Bertz CT molecular complexity index is 702. The zero-order chi connectivity index (χ0) is 17.4. The van der Waals surface area contributed by atoms with Crippen molar-refractivity contribution in [1.82, 2.24) is 0 Å². The first kappa shape index (κ1) is 17.3. The van der Waals surface area contributed by atoms with Crippen LogP contribution < -0.4 is 15.2 Å². The number of para-hydroxylation sites is 1. The number of nitrogens with two attached hydrogens (primary N) is 1. The standard InChI is InChI=1S/C17H16FNO5/c18-14-3-1-2-4-15(14)22-9-10-23-17(21)12-5-7-13(8-6-12)24-11-16(19)20/h1-8H,9-11H2,(H2,19,20). The number of rotatable bonds is 8. The van der Waals surface area contributed by atoms with E-state index in [2.05, 4.69) is 0 Å². The molecule has 0 atom stereocenters. The molecule has 0 aliphatic carbocycles. The van der Waals surface area contributed by atoms with Crippen LogP contribution in [-0.2, 0) is 9.53 Å². The fourth-order valence-electron chi connectivity index (χ4n) is 1.77. The van der Waals surface area contributed by atoms with Crippen LogP contribution in [0.4, 0.5) is 4.39 Å². The zero-order valence-electron chi connectivity index (χ0n) is 12.7. The fourth-order valence-corrected chi connectivity index (χ4v) is 1.77. The summed E-state index contributed by atoms with van der Waals surface area (Å²) in [6.07, 6.45) is 0. The van der Waals surface area contributed by atoms with E-state index in [0.29, 0.717) is 11.3 Å². The quantitative estimate of drug-likeness (QED) is 0.589. The van der Waals surface area contributed by atoms with E-state index in [1.54, 1.807) is 12.1 Å². The van der Waals surface area contributed by atoms with E-state index < -0.39 is 17.7 Å². The minimum absolute atomic E-state index is 0.0207. The molecule has 0 radical (unpaired) electrons. The van der Waals surface area contributed by atoms with Crippen LogP contribution in [-0.4, -0.2) is 31.7 Å². The van der Waals surface area contributed by atoms with Crippen LogP contribution in [0, 0.1) is 5.82 Å². The highest BCUT2D eigenvalue weighted by Gasteiger charge is 2.08. The first-order valence-electron chi connectivity index (χ1n) is 7.12. The minimum Gasteiger partial charge on any atom is -0.487 e. The predicted octanol–water partition coefficient (Wildman–Crippen LogP) is 1.93. The average Bonchev–Trinajstić information content (AvgIpc) is 2.58. The molecule has 7 heteroatoms. The smallest absolute Gasteiger partial charge is 0.338 e. The van der Waals surface area contributed by atoms with Crippen molar-refractivity contribution in [3.05, 3.63) is 59.9 Å². The van der Waals surface area contributed by atoms with E-state index in [1.165, 1.54) is 36.4 Å². The normalized spacial score (nSPS) is 10.0. The SMILES string of the molecule is NC(=O)COc1ccc(C(=O)OCCOc2ccccc2F)cc1. The molecule has 2 aromatic carbocycles. The lowest BCUT2D eigenvalue weighted by atomic mass is 10.2. The molecule has 0 unspecified atom stereocenters. The van der Waals surface area contributed by atoms with Crippen LogP contribution in [0.15, 0.2) is 48.5 Å². The van der Waals surface area contributed by atoms with Gasteiger partial charge in [-0.05, 0) is 36.4 Å². The second kappa shape index (κ2) is 8.52. The number of halogens is 1.